The lowest BCUT2D eigenvalue weighted by Crippen LogP contribution is -2.27. The first kappa shape index (κ1) is 11.2. The van der Waals surface area contributed by atoms with Crippen molar-refractivity contribution in [3.05, 3.63) is 34.3 Å². The summed E-state index contributed by atoms with van der Waals surface area (Å²) in [6, 6.07) is 7.83. The van der Waals surface area contributed by atoms with Crippen LogP contribution in [0.3, 0.4) is 0 Å². The van der Waals surface area contributed by atoms with E-state index >= 15 is 0 Å². The molecule has 1 rings (SSSR count). The number of carbonyl (C=O) groups is 1. The van der Waals surface area contributed by atoms with Gasteiger partial charge < -0.3 is 4.90 Å². The molecule has 0 bridgehead atoms. The van der Waals surface area contributed by atoms with Gasteiger partial charge in [-0.3, -0.25) is 4.79 Å². The Labute approximate surface area is 93.0 Å². The molecule has 0 aromatic heterocycles. The van der Waals surface area contributed by atoms with Crippen molar-refractivity contribution in [3.63, 3.8) is 0 Å². The first-order valence-corrected chi connectivity index (χ1v) is 5.41. The van der Waals surface area contributed by atoms with E-state index in [-0.39, 0.29) is 5.91 Å². The molecular formula is C11H14BrNO. The number of likely N-dealkylation sites (N-methyl/N-ethyl adjacent to an activating group) is 1. The summed E-state index contributed by atoms with van der Waals surface area (Å²) in [5.41, 5.74) is 1.05. The summed E-state index contributed by atoms with van der Waals surface area (Å²) in [5.74, 6) is 0.162. The molecule has 1 amide bonds. The lowest BCUT2D eigenvalue weighted by Gasteiger charge is -2.14. The molecule has 0 aliphatic carbocycles. The first-order valence-electron chi connectivity index (χ1n) is 4.62. The molecule has 0 fully saturated rings. The van der Waals surface area contributed by atoms with E-state index in [9.17, 15) is 4.79 Å². The second kappa shape index (κ2) is 5.15. The highest BCUT2D eigenvalue weighted by atomic mass is 79.9. The van der Waals surface area contributed by atoms with E-state index in [1.165, 1.54) is 0 Å². The molecule has 0 saturated heterocycles. The van der Waals surface area contributed by atoms with Crippen molar-refractivity contribution in [2.45, 2.75) is 13.3 Å². The third kappa shape index (κ3) is 3.14. The maximum absolute atomic E-state index is 11.5. The van der Waals surface area contributed by atoms with Gasteiger partial charge in [0.15, 0.2) is 0 Å². The third-order valence-electron chi connectivity index (χ3n) is 2.17. The molecule has 0 heterocycles. The Morgan fingerprint density at radius 2 is 1.93 bits per heavy atom. The van der Waals surface area contributed by atoms with E-state index in [1.807, 2.05) is 38.2 Å². The number of carbonyl (C=O) groups excluding carboxylic acids is 1. The topological polar surface area (TPSA) is 20.3 Å². The van der Waals surface area contributed by atoms with Crippen LogP contribution < -0.4 is 0 Å². The standard InChI is InChI=1S/C11H14BrNO/c1-3-13(2)11(14)8-9-4-6-10(12)7-5-9/h4-7H,3,8H2,1-2H3. The van der Waals surface area contributed by atoms with Gasteiger partial charge in [-0.1, -0.05) is 28.1 Å². The van der Waals surface area contributed by atoms with Crippen molar-refractivity contribution in [3.8, 4) is 0 Å². The molecule has 0 unspecified atom stereocenters. The number of hydrogen-bond acceptors (Lipinski definition) is 1. The maximum atomic E-state index is 11.5. The SMILES string of the molecule is CCN(C)C(=O)Cc1ccc(Br)cc1. The average Bonchev–Trinajstić information content (AvgIpc) is 2.20. The fourth-order valence-electron chi connectivity index (χ4n) is 1.09. The number of hydrogen-bond donors (Lipinski definition) is 0. The summed E-state index contributed by atoms with van der Waals surface area (Å²) < 4.78 is 1.04. The summed E-state index contributed by atoms with van der Waals surface area (Å²) >= 11 is 3.36. The van der Waals surface area contributed by atoms with E-state index in [2.05, 4.69) is 15.9 Å². The van der Waals surface area contributed by atoms with Crippen LogP contribution in [-0.2, 0) is 11.2 Å². The number of nitrogens with zero attached hydrogens (tertiary/aromatic N) is 1. The van der Waals surface area contributed by atoms with Crippen LogP contribution in [0.5, 0.6) is 0 Å². The Balaban J connectivity index is 2.60. The van der Waals surface area contributed by atoms with E-state index in [0.29, 0.717) is 6.42 Å². The molecule has 0 atom stereocenters. The summed E-state index contributed by atoms with van der Waals surface area (Å²) in [6.45, 7) is 2.73. The number of benzene rings is 1. The van der Waals surface area contributed by atoms with E-state index in [1.54, 1.807) is 4.90 Å². The minimum absolute atomic E-state index is 0.162. The van der Waals surface area contributed by atoms with Crippen LogP contribution in [0.25, 0.3) is 0 Å². The van der Waals surface area contributed by atoms with Crippen molar-refractivity contribution in [1.82, 2.24) is 4.90 Å². The van der Waals surface area contributed by atoms with Gasteiger partial charge in [0.05, 0.1) is 6.42 Å². The van der Waals surface area contributed by atoms with Gasteiger partial charge in [0, 0.05) is 18.1 Å². The largest absolute Gasteiger partial charge is 0.346 e. The molecule has 1 aromatic rings. The summed E-state index contributed by atoms with van der Waals surface area (Å²) in [7, 11) is 1.82. The minimum atomic E-state index is 0.162. The van der Waals surface area contributed by atoms with Crippen LogP contribution in [0.4, 0.5) is 0 Å². The van der Waals surface area contributed by atoms with Gasteiger partial charge >= 0.3 is 0 Å². The zero-order valence-electron chi connectivity index (χ0n) is 8.46. The smallest absolute Gasteiger partial charge is 0.226 e. The van der Waals surface area contributed by atoms with Crippen LogP contribution in [0.1, 0.15) is 12.5 Å². The lowest BCUT2D eigenvalue weighted by molar-refractivity contribution is -0.128. The molecule has 0 radical (unpaired) electrons. The first-order chi connectivity index (χ1) is 6.63. The highest BCUT2D eigenvalue weighted by molar-refractivity contribution is 9.10. The normalized spacial score (nSPS) is 9.93. The van der Waals surface area contributed by atoms with Gasteiger partial charge in [0.2, 0.25) is 5.91 Å². The summed E-state index contributed by atoms with van der Waals surface area (Å²) in [5, 5.41) is 0. The molecule has 14 heavy (non-hydrogen) atoms. The molecular weight excluding hydrogens is 242 g/mol. The van der Waals surface area contributed by atoms with Crippen molar-refractivity contribution in [2.24, 2.45) is 0 Å². The highest BCUT2D eigenvalue weighted by Crippen LogP contribution is 2.11. The van der Waals surface area contributed by atoms with Crippen molar-refractivity contribution >= 4 is 21.8 Å². The van der Waals surface area contributed by atoms with Crippen LogP contribution in [0.15, 0.2) is 28.7 Å². The Morgan fingerprint density at radius 1 is 1.36 bits per heavy atom. The molecule has 1 aromatic carbocycles. The summed E-state index contributed by atoms with van der Waals surface area (Å²) in [6.07, 6.45) is 0.484. The molecule has 0 N–H and O–H groups in total. The second-order valence-electron chi connectivity index (χ2n) is 3.21. The number of amides is 1. The van der Waals surface area contributed by atoms with Crippen molar-refractivity contribution in [2.75, 3.05) is 13.6 Å². The van der Waals surface area contributed by atoms with Gasteiger partial charge in [-0.15, -0.1) is 0 Å². The second-order valence-corrected chi connectivity index (χ2v) is 4.13. The Kier molecular flexibility index (Phi) is 4.14. The predicted octanol–water partition coefficient (Wildman–Crippen LogP) is 2.47. The van der Waals surface area contributed by atoms with Gasteiger partial charge in [-0.05, 0) is 24.6 Å². The Bertz CT molecular complexity index is 308. The van der Waals surface area contributed by atoms with Crippen LogP contribution >= 0.6 is 15.9 Å². The van der Waals surface area contributed by atoms with Crippen LogP contribution in [-0.4, -0.2) is 24.4 Å². The fraction of sp³-hybridized carbons (Fsp3) is 0.364. The molecule has 3 heteroatoms. The van der Waals surface area contributed by atoms with Gasteiger partial charge in [0.25, 0.3) is 0 Å². The van der Waals surface area contributed by atoms with Crippen LogP contribution in [0.2, 0.25) is 0 Å². The monoisotopic (exact) mass is 255 g/mol. The number of rotatable bonds is 3. The van der Waals surface area contributed by atoms with Crippen molar-refractivity contribution < 1.29 is 4.79 Å². The molecule has 0 saturated carbocycles. The fourth-order valence-corrected chi connectivity index (χ4v) is 1.35. The van der Waals surface area contributed by atoms with E-state index in [0.717, 1.165) is 16.6 Å². The zero-order chi connectivity index (χ0) is 10.6. The zero-order valence-corrected chi connectivity index (χ0v) is 10.0. The quantitative estimate of drug-likeness (QED) is 0.813. The molecule has 0 aliphatic rings. The predicted molar refractivity (Wildman–Crippen MR) is 61.2 cm³/mol. The van der Waals surface area contributed by atoms with Gasteiger partial charge in [0.1, 0.15) is 0 Å². The van der Waals surface area contributed by atoms with Crippen LogP contribution in [0, 0.1) is 0 Å². The van der Waals surface area contributed by atoms with Gasteiger partial charge in [-0.25, -0.2) is 0 Å². The van der Waals surface area contributed by atoms with Crippen molar-refractivity contribution in [1.29, 1.82) is 0 Å². The average molecular weight is 256 g/mol. The number of halogens is 1. The highest BCUT2D eigenvalue weighted by Gasteiger charge is 2.06. The molecule has 0 aliphatic heterocycles. The molecule has 0 spiro atoms. The summed E-state index contributed by atoms with van der Waals surface area (Å²) in [4.78, 5) is 13.3. The van der Waals surface area contributed by atoms with Gasteiger partial charge in [-0.2, -0.15) is 0 Å². The minimum Gasteiger partial charge on any atom is -0.346 e. The third-order valence-corrected chi connectivity index (χ3v) is 2.70. The Morgan fingerprint density at radius 3 is 2.43 bits per heavy atom. The maximum Gasteiger partial charge on any atom is 0.226 e. The Hall–Kier alpha value is -0.830. The van der Waals surface area contributed by atoms with E-state index < -0.39 is 0 Å². The van der Waals surface area contributed by atoms with E-state index in [4.69, 9.17) is 0 Å². The molecule has 76 valence electrons. The molecule has 2 nitrogen and oxygen atoms in total. The lowest BCUT2D eigenvalue weighted by atomic mass is 10.1.